The van der Waals surface area contributed by atoms with Crippen molar-refractivity contribution in [3.63, 3.8) is 0 Å². The summed E-state index contributed by atoms with van der Waals surface area (Å²) in [6.45, 7) is 0.225. The lowest BCUT2D eigenvalue weighted by atomic mass is 10.2. The second-order valence-electron chi connectivity index (χ2n) is 4.69. The number of nitrogens with one attached hydrogen (secondary N) is 1. The summed E-state index contributed by atoms with van der Waals surface area (Å²) in [6, 6.07) is 9.82. The van der Waals surface area contributed by atoms with E-state index in [2.05, 4.69) is 21.2 Å². The Labute approximate surface area is 144 Å². The van der Waals surface area contributed by atoms with Crippen LogP contribution in [0.25, 0.3) is 0 Å². The third kappa shape index (κ3) is 3.88. The topological polar surface area (TPSA) is 89.3 Å². The highest BCUT2D eigenvalue weighted by atomic mass is 79.9. The predicted octanol–water partition coefficient (Wildman–Crippen LogP) is 3.97. The van der Waals surface area contributed by atoms with Crippen molar-refractivity contribution in [2.75, 3.05) is 5.32 Å². The number of rotatable bonds is 6. The molecule has 128 valence electrons. The molecule has 24 heavy (non-hydrogen) atoms. The number of anilines is 1. The Morgan fingerprint density at radius 3 is 2.46 bits per heavy atom. The summed E-state index contributed by atoms with van der Waals surface area (Å²) < 4.78 is 48.8. The second-order valence-corrected chi connectivity index (χ2v) is 7.46. The predicted molar refractivity (Wildman–Crippen MR) is 87.8 cm³/mol. The van der Waals surface area contributed by atoms with Crippen molar-refractivity contribution in [3.8, 4) is 0 Å². The molecule has 0 aliphatic carbocycles. The van der Waals surface area contributed by atoms with E-state index in [1.807, 2.05) is 0 Å². The zero-order valence-electron chi connectivity index (χ0n) is 11.9. The highest BCUT2D eigenvalue weighted by Crippen LogP contribution is 2.30. The van der Waals surface area contributed by atoms with E-state index in [0.717, 1.165) is 22.2 Å². The lowest BCUT2D eigenvalue weighted by Crippen LogP contribution is -2.12. The molecule has 2 rings (SSSR count). The Morgan fingerprint density at radius 1 is 1.21 bits per heavy atom. The van der Waals surface area contributed by atoms with Crippen LogP contribution < -0.4 is 5.32 Å². The maximum atomic E-state index is 12.6. The summed E-state index contributed by atoms with van der Waals surface area (Å²) in [4.78, 5) is 9.50. The summed E-state index contributed by atoms with van der Waals surface area (Å²) in [5, 5.41) is 13.9. The van der Waals surface area contributed by atoms with Crippen molar-refractivity contribution in [3.05, 3.63) is 62.6 Å². The zero-order chi connectivity index (χ0) is 17.9. The van der Waals surface area contributed by atoms with Gasteiger partial charge in [0.2, 0.25) is 9.84 Å². The van der Waals surface area contributed by atoms with Crippen LogP contribution in [0.4, 0.5) is 20.2 Å². The first-order chi connectivity index (χ1) is 11.2. The van der Waals surface area contributed by atoms with E-state index in [1.165, 1.54) is 0 Å². The number of hydrogen-bond donors (Lipinski definition) is 1. The van der Waals surface area contributed by atoms with E-state index in [0.29, 0.717) is 6.07 Å². The van der Waals surface area contributed by atoms with Gasteiger partial charge in [-0.1, -0.05) is 34.1 Å². The van der Waals surface area contributed by atoms with Gasteiger partial charge in [0.15, 0.2) is 0 Å². The average molecular weight is 421 g/mol. The molecule has 0 bridgehead atoms. The van der Waals surface area contributed by atoms with Crippen LogP contribution in [0.2, 0.25) is 0 Å². The van der Waals surface area contributed by atoms with Gasteiger partial charge in [0.05, 0.1) is 9.82 Å². The lowest BCUT2D eigenvalue weighted by molar-refractivity contribution is -0.384. The van der Waals surface area contributed by atoms with Gasteiger partial charge in [-0.25, -0.2) is 8.42 Å². The molecule has 0 saturated heterocycles. The van der Waals surface area contributed by atoms with Crippen LogP contribution in [0, 0.1) is 10.1 Å². The van der Waals surface area contributed by atoms with Gasteiger partial charge in [-0.2, -0.15) is 8.78 Å². The number of nitro benzene ring substituents is 1. The van der Waals surface area contributed by atoms with Gasteiger partial charge in [0, 0.05) is 17.1 Å². The molecule has 2 aromatic rings. The van der Waals surface area contributed by atoms with Gasteiger partial charge in [0.25, 0.3) is 5.69 Å². The van der Waals surface area contributed by atoms with Crippen LogP contribution in [0.15, 0.2) is 51.8 Å². The van der Waals surface area contributed by atoms with Crippen molar-refractivity contribution in [2.45, 2.75) is 17.2 Å². The summed E-state index contributed by atoms with van der Waals surface area (Å²) in [5.41, 5.74) is 0.254. The lowest BCUT2D eigenvalue weighted by Gasteiger charge is -2.10. The normalized spacial score (nSPS) is 11.5. The van der Waals surface area contributed by atoms with Crippen molar-refractivity contribution >= 4 is 37.1 Å². The van der Waals surface area contributed by atoms with Crippen molar-refractivity contribution in [2.24, 2.45) is 0 Å². The molecule has 10 heteroatoms. The molecule has 1 N–H and O–H groups in total. The largest absolute Gasteiger partial charge is 0.375 e. The number of nitrogens with zero attached hydrogens (tertiary/aromatic N) is 1. The van der Waals surface area contributed by atoms with Gasteiger partial charge in [-0.05, 0) is 23.8 Å². The molecule has 0 heterocycles. The molecule has 0 radical (unpaired) electrons. The summed E-state index contributed by atoms with van der Waals surface area (Å²) in [7, 11) is -4.90. The zero-order valence-corrected chi connectivity index (χ0v) is 14.4. The molecular formula is C14H11BrF2N2O4S. The SMILES string of the molecule is O=[N+]([O-])c1cc(S(=O)(=O)C(F)F)ccc1NCc1ccccc1Br. The first-order valence-electron chi connectivity index (χ1n) is 6.51. The Hall–Kier alpha value is -2.07. The number of sulfone groups is 1. The monoisotopic (exact) mass is 420 g/mol. The summed E-state index contributed by atoms with van der Waals surface area (Å²) in [6.07, 6.45) is 0. The van der Waals surface area contributed by atoms with E-state index in [9.17, 15) is 27.3 Å². The highest BCUT2D eigenvalue weighted by molar-refractivity contribution is 9.10. The fourth-order valence-electron chi connectivity index (χ4n) is 1.92. The van der Waals surface area contributed by atoms with Gasteiger partial charge < -0.3 is 5.32 Å². The summed E-state index contributed by atoms with van der Waals surface area (Å²) >= 11 is 3.33. The smallest absolute Gasteiger partial charge is 0.341 e. The van der Waals surface area contributed by atoms with Gasteiger partial charge in [0.1, 0.15) is 5.69 Å². The van der Waals surface area contributed by atoms with Crippen LogP contribution >= 0.6 is 15.9 Å². The molecule has 0 unspecified atom stereocenters. The standard InChI is InChI=1S/C14H11BrF2N2O4S/c15-11-4-2-1-3-9(11)8-18-12-6-5-10(7-13(12)19(20)21)24(22,23)14(16)17/h1-7,14,18H,8H2. The minimum atomic E-state index is -4.90. The average Bonchev–Trinajstić information content (AvgIpc) is 2.53. The molecular weight excluding hydrogens is 410 g/mol. The van der Waals surface area contributed by atoms with Gasteiger partial charge in [-0.15, -0.1) is 0 Å². The first-order valence-corrected chi connectivity index (χ1v) is 8.85. The van der Waals surface area contributed by atoms with Crippen molar-refractivity contribution < 1.29 is 22.1 Å². The second kappa shape index (κ2) is 7.22. The molecule has 0 spiro atoms. The van der Waals surface area contributed by atoms with Gasteiger partial charge in [-0.3, -0.25) is 10.1 Å². The van der Waals surface area contributed by atoms with Crippen LogP contribution in [0.3, 0.4) is 0 Å². The van der Waals surface area contributed by atoms with E-state index in [-0.39, 0.29) is 12.2 Å². The first kappa shape index (κ1) is 18.3. The molecule has 6 nitrogen and oxygen atoms in total. The molecule has 0 aliphatic heterocycles. The van der Waals surface area contributed by atoms with Gasteiger partial charge >= 0.3 is 5.76 Å². The van der Waals surface area contributed by atoms with Crippen LogP contribution in [0.5, 0.6) is 0 Å². The van der Waals surface area contributed by atoms with Crippen molar-refractivity contribution in [1.82, 2.24) is 0 Å². The molecule has 2 aromatic carbocycles. The number of hydrogen-bond acceptors (Lipinski definition) is 5. The van der Waals surface area contributed by atoms with Crippen LogP contribution in [-0.4, -0.2) is 19.1 Å². The van der Waals surface area contributed by atoms with Crippen molar-refractivity contribution in [1.29, 1.82) is 0 Å². The maximum absolute atomic E-state index is 12.6. The van der Waals surface area contributed by atoms with Crippen LogP contribution in [-0.2, 0) is 16.4 Å². The Balaban J connectivity index is 2.34. The molecule has 0 fully saturated rings. The molecule has 0 aromatic heterocycles. The summed E-state index contributed by atoms with van der Waals surface area (Å²) in [5.74, 6) is -3.64. The maximum Gasteiger partial charge on any atom is 0.341 e. The van der Waals surface area contributed by atoms with E-state index in [4.69, 9.17) is 0 Å². The third-order valence-electron chi connectivity index (χ3n) is 3.16. The number of alkyl halides is 2. The Morgan fingerprint density at radius 2 is 1.88 bits per heavy atom. The molecule has 0 aliphatic rings. The third-order valence-corrected chi connectivity index (χ3v) is 5.31. The van der Waals surface area contributed by atoms with Crippen LogP contribution in [0.1, 0.15) is 5.56 Å². The fraction of sp³-hybridized carbons (Fsp3) is 0.143. The Bertz CT molecular complexity index is 875. The van der Waals surface area contributed by atoms with E-state index in [1.54, 1.807) is 24.3 Å². The highest BCUT2D eigenvalue weighted by Gasteiger charge is 2.29. The minimum Gasteiger partial charge on any atom is -0.375 e. The quantitative estimate of drug-likeness (QED) is 0.563. The van der Waals surface area contributed by atoms with E-state index >= 15 is 0 Å². The fourth-order valence-corrected chi connectivity index (χ4v) is 3.09. The molecule has 0 atom stereocenters. The molecule has 0 saturated carbocycles. The molecule has 0 amide bonds. The number of nitro groups is 1. The Kier molecular flexibility index (Phi) is 5.50. The minimum absolute atomic E-state index is 0.0315. The number of benzene rings is 2. The number of halogens is 3. The van der Waals surface area contributed by atoms with E-state index < -0.39 is 31.1 Å².